The van der Waals surface area contributed by atoms with Crippen molar-refractivity contribution in [2.24, 2.45) is 11.6 Å². The van der Waals surface area contributed by atoms with Gasteiger partial charge in [0.1, 0.15) is 0 Å². The van der Waals surface area contributed by atoms with Crippen molar-refractivity contribution >= 4 is 17.3 Å². The highest BCUT2D eigenvalue weighted by atomic mass is 16.1. The summed E-state index contributed by atoms with van der Waals surface area (Å²) in [7, 11) is 0. The van der Waals surface area contributed by atoms with Crippen LogP contribution in [0.2, 0.25) is 0 Å². The lowest BCUT2D eigenvalue weighted by atomic mass is 10.1. The third-order valence-electron chi connectivity index (χ3n) is 2.53. The Labute approximate surface area is 87.8 Å². The van der Waals surface area contributed by atoms with Gasteiger partial charge in [0.15, 0.2) is 0 Å². The van der Waals surface area contributed by atoms with Gasteiger partial charge in [-0.3, -0.25) is 4.79 Å². The average Bonchev–Trinajstić information content (AvgIpc) is 3.00. The maximum Gasteiger partial charge on any atom is 0.248 e. The number of primary amides is 1. The number of anilines is 2. The molecule has 0 spiro atoms. The molecule has 1 aromatic rings. The van der Waals surface area contributed by atoms with Crippen LogP contribution in [0.5, 0.6) is 0 Å². The zero-order chi connectivity index (χ0) is 11.0. The van der Waals surface area contributed by atoms with E-state index in [2.05, 4.69) is 0 Å². The molecule has 0 atom stereocenters. The van der Waals surface area contributed by atoms with Gasteiger partial charge in [0.25, 0.3) is 0 Å². The van der Waals surface area contributed by atoms with E-state index >= 15 is 0 Å². The second-order valence-corrected chi connectivity index (χ2v) is 3.78. The van der Waals surface area contributed by atoms with Crippen LogP contribution in [0.3, 0.4) is 0 Å². The molecule has 5 heteroatoms. The quantitative estimate of drug-likeness (QED) is 0.374. The van der Waals surface area contributed by atoms with Gasteiger partial charge in [-0.05, 0) is 31.0 Å². The molecule has 1 aromatic carbocycles. The second-order valence-electron chi connectivity index (χ2n) is 3.78. The Morgan fingerprint density at radius 3 is 2.60 bits per heavy atom. The zero-order valence-electron chi connectivity index (χ0n) is 8.31. The third-order valence-corrected chi connectivity index (χ3v) is 2.53. The van der Waals surface area contributed by atoms with Gasteiger partial charge in [0.2, 0.25) is 5.91 Å². The zero-order valence-corrected chi connectivity index (χ0v) is 8.31. The molecule has 1 fully saturated rings. The molecule has 15 heavy (non-hydrogen) atoms. The molecule has 0 bridgehead atoms. The lowest BCUT2D eigenvalue weighted by Gasteiger charge is -2.20. The maximum atomic E-state index is 11.0. The number of nitrogens with zero attached hydrogens (tertiary/aromatic N) is 1. The first-order valence-corrected chi connectivity index (χ1v) is 4.83. The number of amides is 1. The summed E-state index contributed by atoms with van der Waals surface area (Å²) >= 11 is 0. The van der Waals surface area contributed by atoms with E-state index in [1.165, 1.54) is 0 Å². The van der Waals surface area contributed by atoms with E-state index in [4.69, 9.17) is 17.3 Å². The van der Waals surface area contributed by atoms with E-state index in [0.717, 1.165) is 12.8 Å². The van der Waals surface area contributed by atoms with Gasteiger partial charge in [-0.2, -0.15) is 0 Å². The van der Waals surface area contributed by atoms with Crippen molar-refractivity contribution in [3.8, 4) is 0 Å². The van der Waals surface area contributed by atoms with Crippen LogP contribution in [-0.2, 0) is 0 Å². The fourth-order valence-electron chi connectivity index (χ4n) is 1.47. The van der Waals surface area contributed by atoms with Crippen molar-refractivity contribution in [3.05, 3.63) is 23.8 Å². The van der Waals surface area contributed by atoms with Crippen molar-refractivity contribution in [2.45, 2.75) is 18.9 Å². The number of rotatable bonds is 3. The number of nitrogen functional groups attached to an aromatic ring is 1. The molecular weight excluding hydrogens is 192 g/mol. The SMILES string of the molecule is NC(=O)c1ccc(N)c(N(N)C2CC2)c1. The molecule has 0 heterocycles. The topological polar surface area (TPSA) is 98.4 Å². The van der Waals surface area contributed by atoms with Crippen LogP contribution in [0.15, 0.2) is 18.2 Å². The minimum atomic E-state index is -0.472. The van der Waals surface area contributed by atoms with Crippen LogP contribution in [0.1, 0.15) is 23.2 Å². The molecule has 0 saturated heterocycles. The molecule has 6 N–H and O–H groups in total. The van der Waals surface area contributed by atoms with Gasteiger partial charge >= 0.3 is 0 Å². The number of hydrazine groups is 1. The molecule has 0 aromatic heterocycles. The summed E-state index contributed by atoms with van der Waals surface area (Å²) in [6.07, 6.45) is 2.13. The smallest absolute Gasteiger partial charge is 0.248 e. The van der Waals surface area contributed by atoms with Crippen molar-refractivity contribution in [3.63, 3.8) is 0 Å². The monoisotopic (exact) mass is 206 g/mol. The fraction of sp³-hybridized carbons (Fsp3) is 0.300. The van der Waals surface area contributed by atoms with Crippen molar-refractivity contribution in [2.75, 3.05) is 10.7 Å². The number of hydrogen-bond acceptors (Lipinski definition) is 4. The predicted octanol–water partition coefficient (Wildman–Crippen LogP) is 0.210. The van der Waals surface area contributed by atoms with E-state index in [-0.39, 0.29) is 0 Å². The normalized spacial score (nSPS) is 15.0. The maximum absolute atomic E-state index is 11.0. The Bertz CT molecular complexity index is 400. The van der Waals surface area contributed by atoms with E-state index in [0.29, 0.717) is 23.0 Å². The number of carbonyl (C=O) groups excluding carboxylic acids is 1. The van der Waals surface area contributed by atoms with E-state index in [1.807, 2.05) is 0 Å². The summed E-state index contributed by atoms with van der Waals surface area (Å²) < 4.78 is 0. The van der Waals surface area contributed by atoms with Crippen LogP contribution < -0.4 is 22.3 Å². The Balaban J connectivity index is 2.35. The van der Waals surface area contributed by atoms with Crippen LogP contribution in [0.4, 0.5) is 11.4 Å². The van der Waals surface area contributed by atoms with Crippen LogP contribution in [0, 0.1) is 0 Å². The average molecular weight is 206 g/mol. The standard InChI is InChI=1S/C10H14N4O/c11-8-4-1-6(10(12)15)5-9(8)14(13)7-2-3-7/h1,4-5,7H,2-3,11,13H2,(H2,12,15). The minimum Gasteiger partial charge on any atom is -0.397 e. The summed E-state index contributed by atoms with van der Waals surface area (Å²) in [6.45, 7) is 0. The first-order chi connectivity index (χ1) is 7.09. The summed E-state index contributed by atoms with van der Waals surface area (Å²) in [6, 6.07) is 5.23. The lowest BCUT2D eigenvalue weighted by molar-refractivity contribution is 0.100. The summed E-state index contributed by atoms with van der Waals surface area (Å²) in [5, 5.41) is 1.61. The number of carbonyl (C=O) groups is 1. The minimum absolute atomic E-state index is 0.343. The molecule has 1 amide bonds. The molecule has 5 nitrogen and oxygen atoms in total. The first kappa shape index (κ1) is 9.79. The predicted molar refractivity (Wildman–Crippen MR) is 59.1 cm³/mol. The first-order valence-electron chi connectivity index (χ1n) is 4.83. The van der Waals surface area contributed by atoms with Crippen LogP contribution >= 0.6 is 0 Å². The Hall–Kier alpha value is -1.75. The third kappa shape index (κ3) is 1.87. The highest BCUT2D eigenvalue weighted by Crippen LogP contribution is 2.32. The molecule has 0 unspecified atom stereocenters. The molecule has 2 rings (SSSR count). The summed E-state index contributed by atoms with van der Waals surface area (Å²) in [5.74, 6) is 5.40. The Kier molecular flexibility index (Phi) is 2.24. The summed E-state index contributed by atoms with van der Waals surface area (Å²) in [5.41, 5.74) is 12.6. The second kappa shape index (κ2) is 3.43. The molecule has 1 aliphatic carbocycles. The molecule has 0 radical (unpaired) electrons. The van der Waals surface area contributed by atoms with Crippen LogP contribution in [0.25, 0.3) is 0 Å². The van der Waals surface area contributed by atoms with Gasteiger partial charge in [-0.1, -0.05) is 0 Å². The molecule has 1 saturated carbocycles. The summed E-state index contributed by atoms with van der Waals surface area (Å²) in [4.78, 5) is 11.0. The Morgan fingerprint density at radius 2 is 2.07 bits per heavy atom. The Morgan fingerprint density at radius 1 is 1.40 bits per heavy atom. The highest BCUT2D eigenvalue weighted by molar-refractivity contribution is 5.95. The van der Waals surface area contributed by atoms with E-state index in [1.54, 1.807) is 23.2 Å². The fourth-order valence-corrected chi connectivity index (χ4v) is 1.47. The number of benzene rings is 1. The molecule has 1 aliphatic rings. The van der Waals surface area contributed by atoms with Gasteiger partial charge < -0.3 is 16.5 Å². The van der Waals surface area contributed by atoms with Gasteiger partial charge in [-0.25, -0.2) is 5.84 Å². The van der Waals surface area contributed by atoms with E-state index in [9.17, 15) is 4.79 Å². The van der Waals surface area contributed by atoms with Crippen LogP contribution in [-0.4, -0.2) is 11.9 Å². The molecular formula is C10H14N4O. The van der Waals surface area contributed by atoms with Crippen molar-refractivity contribution in [1.82, 2.24) is 0 Å². The van der Waals surface area contributed by atoms with Gasteiger partial charge in [-0.15, -0.1) is 0 Å². The largest absolute Gasteiger partial charge is 0.397 e. The van der Waals surface area contributed by atoms with E-state index < -0.39 is 5.91 Å². The molecule has 0 aliphatic heterocycles. The number of hydrogen-bond donors (Lipinski definition) is 3. The van der Waals surface area contributed by atoms with Gasteiger partial charge in [0.05, 0.1) is 11.4 Å². The molecule has 80 valence electrons. The van der Waals surface area contributed by atoms with Gasteiger partial charge in [0, 0.05) is 11.6 Å². The van der Waals surface area contributed by atoms with Crippen molar-refractivity contribution < 1.29 is 4.79 Å². The number of nitrogens with two attached hydrogens (primary N) is 3. The lowest BCUT2D eigenvalue weighted by Crippen LogP contribution is -2.34. The van der Waals surface area contributed by atoms with Crippen molar-refractivity contribution in [1.29, 1.82) is 0 Å². The highest BCUT2D eigenvalue weighted by Gasteiger charge is 2.28.